The van der Waals surface area contributed by atoms with Gasteiger partial charge in [0.05, 0.1) is 0 Å². The van der Waals surface area contributed by atoms with Crippen LogP contribution in [0.5, 0.6) is 11.5 Å². The van der Waals surface area contributed by atoms with Crippen LogP contribution in [0.3, 0.4) is 0 Å². The lowest BCUT2D eigenvalue weighted by molar-refractivity contribution is -0.119. The maximum absolute atomic E-state index is 12.2. The van der Waals surface area contributed by atoms with E-state index >= 15 is 0 Å². The van der Waals surface area contributed by atoms with Gasteiger partial charge in [-0.1, -0.05) is 0 Å². The minimum absolute atomic E-state index is 0.159. The van der Waals surface area contributed by atoms with Crippen molar-refractivity contribution >= 4 is 23.3 Å². The first-order valence-corrected chi connectivity index (χ1v) is 8.57. The third-order valence-electron chi connectivity index (χ3n) is 3.96. The number of aryl methyl sites for hydroxylation is 2. The average molecular weight is 383 g/mol. The van der Waals surface area contributed by atoms with Gasteiger partial charge in [-0.3, -0.25) is 4.79 Å². The van der Waals surface area contributed by atoms with Crippen molar-refractivity contribution in [2.75, 3.05) is 25.1 Å². The molecule has 0 bridgehead atoms. The highest BCUT2D eigenvalue weighted by Crippen LogP contribution is 2.32. The molecule has 28 heavy (non-hydrogen) atoms. The second-order valence-electron chi connectivity index (χ2n) is 6.17. The zero-order valence-electron chi connectivity index (χ0n) is 15.3. The number of amides is 1. The molecule has 0 atom stereocenters. The highest BCUT2D eigenvalue weighted by molar-refractivity contribution is 5.94. The number of rotatable bonds is 4. The van der Waals surface area contributed by atoms with Gasteiger partial charge in [0.1, 0.15) is 13.2 Å². The summed E-state index contributed by atoms with van der Waals surface area (Å²) in [6.45, 7) is 4.10. The van der Waals surface area contributed by atoms with Crippen LogP contribution in [0.1, 0.15) is 22.0 Å². The molecule has 4 rings (SSSR count). The molecule has 1 aliphatic heterocycles. The summed E-state index contributed by atoms with van der Waals surface area (Å²) >= 11 is 0. The molecule has 3 heterocycles. The van der Waals surface area contributed by atoms with Crippen molar-refractivity contribution in [1.29, 1.82) is 0 Å². The maximum atomic E-state index is 12.2. The number of nitrogens with one attached hydrogen (secondary N) is 1. The Morgan fingerprint density at radius 1 is 1.14 bits per heavy atom. The lowest BCUT2D eigenvalue weighted by Crippen LogP contribution is -2.22. The number of aromatic nitrogens is 4. The Kier molecular flexibility index (Phi) is 4.52. The van der Waals surface area contributed by atoms with Crippen LogP contribution in [-0.4, -0.2) is 51.3 Å². The zero-order valence-corrected chi connectivity index (χ0v) is 15.3. The average Bonchev–Trinajstić information content (AvgIpc) is 3.10. The molecule has 0 radical (unpaired) electrons. The minimum Gasteiger partial charge on any atom is -0.486 e. The van der Waals surface area contributed by atoms with Crippen molar-refractivity contribution in [3.63, 3.8) is 0 Å². The number of anilines is 1. The Bertz CT molecular complexity index is 1080. The maximum Gasteiger partial charge on any atom is 0.378 e. The molecule has 0 saturated carbocycles. The van der Waals surface area contributed by atoms with Gasteiger partial charge < -0.3 is 19.5 Å². The Morgan fingerprint density at radius 2 is 1.93 bits per heavy atom. The summed E-state index contributed by atoms with van der Waals surface area (Å²) in [5, 5.41) is 6.70. The fourth-order valence-corrected chi connectivity index (χ4v) is 2.77. The smallest absolute Gasteiger partial charge is 0.378 e. The van der Waals surface area contributed by atoms with Crippen LogP contribution in [0, 0.1) is 13.8 Å². The van der Waals surface area contributed by atoms with Crippen LogP contribution in [0.15, 0.2) is 24.3 Å². The number of esters is 1. The molecule has 1 N–H and O–H groups in total. The number of hydrogen-bond donors (Lipinski definition) is 1. The highest BCUT2D eigenvalue weighted by atomic mass is 16.6. The Labute approximate surface area is 159 Å². The van der Waals surface area contributed by atoms with Crippen molar-refractivity contribution in [3.05, 3.63) is 41.5 Å². The van der Waals surface area contributed by atoms with E-state index in [9.17, 15) is 9.59 Å². The van der Waals surface area contributed by atoms with E-state index in [2.05, 4.69) is 20.4 Å². The summed E-state index contributed by atoms with van der Waals surface area (Å²) in [6.07, 6.45) is 0. The predicted molar refractivity (Wildman–Crippen MR) is 96.6 cm³/mol. The zero-order chi connectivity index (χ0) is 19.7. The van der Waals surface area contributed by atoms with Crippen molar-refractivity contribution in [2.45, 2.75) is 13.8 Å². The molecule has 1 aliphatic rings. The molecule has 0 spiro atoms. The number of nitrogens with zero attached hydrogens (tertiary/aromatic N) is 4. The summed E-state index contributed by atoms with van der Waals surface area (Å²) in [4.78, 5) is 32.5. The molecule has 3 aromatic rings. The summed E-state index contributed by atoms with van der Waals surface area (Å²) in [5.74, 6) is -0.00169. The first kappa shape index (κ1) is 17.7. The fourth-order valence-electron chi connectivity index (χ4n) is 2.77. The first-order valence-electron chi connectivity index (χ1n) is 8.57. The van der Waals surface area contributed by atoms with E-state index in [0.29, 0.717) is 36.2 Å². The van der Waals surface area contributed by atoms with Crippen molar-refractivity contribution in [2.24, 2.45) is 0 Å². The van der Waals surface area contributed by atoms with Gasteiger partial charge >= 0.3 is 5.97 Å². The second-order valence-corrected chi connectivity index (χ2v) is 6.17. The van der Waals surface area contributed by atoms with E-state index in [1.807, 2.05) is 19.9 Å². The van der Waals surface area contributed by atoms with Crippen molar-refractivity contribution < 1.29 is 23.8 Å². The molecular weight excluding hydrogens is 366 g/mol. The predicted octanol–water partition coefficient (Wildman–Crippen LogP) is 1.31. The van der Waals surface area contributed by atoms with Gasteiger partial charge in [-0.15, -0.1) is 5.10 Å². The van der Waals surface area contributed by atoms with Gasteiger partial charge in [-0.05, 0) is 32.0 Å². The standard InChI is InChI=1S/C18H17N5O5/c1-10-7-11(2)23-18(19-10)21-16(22-23)17(25)28-9-15(24)20-12-3-4-13-14(8-12)27-6-5-26-13/h3-4,7-8H,5-6,9H2,1-2H3,(H,20,24). The van der Waals surface area contributed by atoms with Gasteiger partial charge in [-0.2, -0.15) is 4.98 Å². The fraction of sp³-hybridized carbons (Fsp3) is 0.278. The number of hydrogen-bond acceptors (Lipinski definition) is 8. The third kappa shape index (κ3) is 3.56. The molecule has 0 saturated heterocycles. The van der Waals surface area contributed by atoms with E-state index in [4.69, 9.17) is 14.2 Å². The first-order chi connectivity index (χ1) is 13.5. The molecule has 144 valence electrons. The molecule has 0 aliphatic carbocycles. The summed E-state index contributed by atoms with van der Waals surface area (Å²) in [5.41, 5.74) is 2.05. The van der Waals surface area contributed by atoms with E-state index in [-0.39, 0.29) is 5.82 Å². The van der Waals surface area contributed by atoms with Crippen LogP contribution in [0.4, 0.5) is 5.69 Å². The molecule has 1 aromatic carbocycles. The molecule has 0 fully saturated rings. The van der Waals surface area contributed by atoms with Crippen molar-refractivity contribution in [3.8, 4) is 11.5 Å². The Balaban J connectivity index is 1.38. The Hall–Kier alpha value is -3.69. The number of ether oxygens (including phenoxy) is 3. The lowest BCUT2D eigenvalue weighted by Gasteiger charge is -2.18. The summed E-state index contributed by atoms with van der Waals surface area (Å²) < 4.78 is 17.3. The quantitative estimate of drug-likeness (QED) is 0.670. The molecule has 0 unspecified atom stereocenters. The highest BCUT2D eigenvalue weighted by Gasteiger charge is 2.18. The van der Waals surface area contributed by atoms with Gasteiger partial charge in [0.2, 0.25) is 0 Å². The van der Waals surface area contributed by atoms with Crippen LogP contribution in [-0.2, 0) is 9.53 Å². The normalized spacial score (nSPS) is 12.6. The van der Waals surface area contributed by atoms with Gasteiger partial charge in [0, 0.05) is 23.1 Å². The van der Waals surface area contributed by atoms with E-state index in [1.54, 1.807) is 18.2 Å². The van der Waals surface area contributed by atoms with Gasteiger partial charge in [-0.25, -0.2) is 14.3 Å². The van der Waals surface area contributed by atoms with E-state index in [0.717, 1.165) is 11.4 Å². The topological polar surface area (TPSA) is 117 Å². The summed E-state index contributed by atoms with van der Waals surface area (Å²) in [6, 6.07) is 6.84. The van der Waals surface area contributed by atoms with Crippen LogP contribution < -0.4 is 14.8 Å². The third-order valence-corrected chi connectivity index (χ3v) is 3.96. The molecule has 10 nitrogen and oxygen atoms in total. The number of carbonyl (C=O) groups excluding carboxylic acids is 2. The number of benzene rings is 1. The number of carbonyl (C=O) groups is 2. The lowest BCUT2D eigenvalue weighted by atomic mass is 10.2. The molecule has 1 amide bonds. The largest absolute Gasteiger partial charge is 0.486 e. The number of fused-ring (bicyclic) bond motifs is 2. The SMILES string of the molecule is Cc1cc(C)n2nc(C(=O)OCC(=O)Nc3ccc4c(c3)OCCO4)nc2n1. The van der Waals surface area contributed by atoms with Gasteiger partial charge in [0.15, 0.2) is 18.1 Å². The molecule has 10 heteroatoms. The Morgan fingerprint density at radius 3 is 2.75 bits per heavy atom. The van der Waals surface area contributed by atoms with E-state index < -0.39 is 18.5 Å². The van der Waals surface area contributed by atoms with Crippen molar-refractivity contribution in [1.82, 2.24) is 19.6 Å². The van der Waals surface area contributed by atoms with E-state index in [1.165, 1.54) is 4.52 Å². The minimum atomic E-state index is -0.806. The van der Waals surface area contributed by atoms with Crippen LogP contribution in [0.2, 0.25) is 0 Å². The monoisotopic (exact) mass is 383 g/mol. The molecule has 2 aromatic heterocycles. The molecular formula is C18H17N5O5. The summed E-state index contributed by atoms with van der Waals surface area (Å²) in [7, 11) is 0. The second kappa shape index (κ2) is 7.14. The van der Waals surface area contributed by atoms with Crippen LogP contribution >= 0.6 is 0 Å². The van der Waals surface area contributed by atoms with Crippen LogP contribution in [0.25, 0.3) is 5.78 Å². The van der Waals surface area contributed by atoms with Gasteiger partial charge in [0.25, 0.3) is 17.5 Å².